The first-order valence-corrected chi connectivity index (χ1v) is 8.31. The number of hydrogen-bond donors (Lipinski definition) is 1. The molecule has 108 valence electrons. The molecule has 1 aliphatic rings. The summed E-state index contributed by atoms with van der Waals surface area (Å²) in [6.07, 6.45) is 8.16. The number of rotatable bonds is 5. The largest absolute Gasteiger partial charge is 0.272 e. The van der Waals surface area contributed by atoms with Crippen LogP contribution < -0.4 is 5.43 Å². The van der Waals surface area contributed by atoms with Gasteiger partial charge in [0.25, 0.3) is 0 Å². The fourth-order valence-electron chi connectivity index (χ4n) is 2.21. The summed E-state index contributed by atoms with van der Waals surface area (Å²) in [5, 5.41) is 4.77. The van der Waals surface area contributed by atoms with Crippen molar-refractivity contribution in [3.05, 3.63) is 29.3 Å². The molecule has 1 aromatic carbocycles. The van der Waals surface area contributed by atoms with Crippen LogP contribution >= 0.6 is 23.4 Å². The summed E-state index contributed by atoms with van der Waals surface area (Å²) in [7, 11) is 0. The van der Waals surface area contributed by atoms with E-state index in [1.165, 1.54) is 43.9 Å². The fraction of sp³-hybridized carbons (Fsp3) is 0.467. The van der Waals surface area contributed by atoms with E-state index in [1.54, 1.807) is 0 Å². The van der Waals surface area contributed by atoms with Gasteiger partial charge in [0, 0.05) is 16.1 Å². The summed E-state index contributed by atoms with van der Waals surface area (Å²) in [6.45, 7) is 0. The number of carbonyl (C=O) groups excluding carboxylic acids is 1. The minimum absolute atomic E-state index is 0.0722. The van der Waals surface area contributed by atoms with Crippen LogP contribution in [0.4, 0.5) is 0 Å². The third kappa shape index (κ3) is 5.55. The van der Waals surface area contributed by atoms with Crippen molar-refractivity contribution in [1.29, 1.82) is 0 Å². The van der Waals surface area contributed by atoms with Gasteiger partial charge in [-0.1, -0.05) is 30.9 Å². The lowest BCUT2D eigenvalue weighted by Gasteiger charge is -2.16. The summed E-state index contributed by atoms with van der Waals surface area (Å²) in [6, 6.07) is 7.46. The van der Waals surface area contributed by atoms with Gasteiger partial charge in [-0.15, -0.1) is 11.8 Å². The van der Waals surface area contributed by atoms with Crippen molar-refractivity contribution in [1.82, 2.24) is 5.43 Å². The number of thioether (sulfide) groups is 1. The second kappa shape index (κ2) is 8.32. The molecule has 2 rings (SSSR count). The lowest BCUT2D eigenvalue weighted by Crippen LogP contribution is -2.20. The SMILES string of the molecule is O=C(CSc1ccc(Cl)cc1)N/N=C\C1CCCCC1. The zero-order valence-electron chi connectivity index (χ0n) is 11.3. The first kappa shape index (κ1) is 15.4. The quantitative estimate of drug-likeness (QED) is 0.505. The molecular formula is C15H19ClN2OS. The van der Waals surface area contributed by atoms with Crippen LogP contribution in [0, 0.1) is 5.92 Å². The number of nitrogens with one attached hydrogen (secondary N) is 1. The van der Waals surface area contributed by atoms with Gasteiger partial charge in [-0.2, -0.15) is 5.10 Å². The Morgan fingerprint density at radius 1 is 1.30 bits per heavy atom. The van der Waals surface area contributed by atoms with Crippen LogP contribution in [-0.4, -0.2) is 17.9 Å². The van der Waals surface area contributed by atoms with Gasteiger partial charge in [-0.3, -0.25) is 4.79 Å². The zero-order valence-corrected chi connectivity index (χ0v) is 12.9. The number of hydrazone groups is 1. The van der Waals surface area contributed by atoms with Crippen molar-refractivity contribution < 1.29 is 4.79 Å². The Kier molecular flexibility index (Phi) is 6.40. The second-order valence-electron chi connectivity index (χ2n) is 4.95. The molecule has 1 aromatic rings. The third-order valence-corrected chi connectivity index (χ3v) is 4.57. The molecule has 20 heavy (non-hydrogen) atoms. The minimum atomic E-state index is -0.0722. The third-order valence-electron chi connectivity index (χ3n) is 3.31. The Balaban J connectivity index is 1.67. The molecule has 0 radical (unpaired) electrons. The summed E-state index contributed by atoms with van der Waals surface area (Å²) in [4.78, 5) is 12.7. The molecule has 0 atom stereocenters. The molecule has 5 heteroatoms. The molecule has 0 saturated heterocycles. The molecule has 1 fully saturated rings. The summed E-state index contributed by atoms with van der Waals surface area (Å²) in [5.74, 6) is 0.828. The van der Waals surface area contributed by atoms with Crippen LogP contribution in [0.15, 0.2) is 34.3 Å². The summed E-state index contributed by atoms with van der Waals surface area (Å²) >= 11 is 7.29. The average molecular weight is 311 g/mol. The first-order chi connectivity index (χ1) is 9.74. The van der Waals surface area contributed by atoms with Crippen molar-refractivity contribution in [3.63, 3.8) is 0 Å². The number of benzene rings is 1. The van der Waals surface area contributed by atoms with Gasteiger partial charge in [0.15, 0.2) is 0 Å². The molecule has 1 N–H and O–H groups in total. The van der Waals surface area contributed by atoms with Crippen LogP contribution in [0.2, 0.25) is 5.02 Å². The van der Waals surface area contributed by atoms with Gasteiger partial charge in [-0.25, -0.2) is 5.43 Å². The smallest absolute Gasteiger partial charge is 0.250 e. The topological polar surface area (TPSA) is 41.5 Å². The van der Waals surface area contributed by atoms with E-state index in [4.69, 9.17) is 11.6 Å². The molecule has 3 nitrogen and oxygen atoms in total. The molecule has 1 aliphatic carbocycles. The normalized spacial score (nSPS) is 16.4. The molecule has 0 spiro atoms. The number of hydrogen-bond acceptors (Lipinski definition) is 3. The molecule has 0 heterocycles. The monoisotopic (exact) mass is 310 g/mol. The Labute approximate surface area is 129 Å². The van der Waals surface area contributed by atoms with Crippen molar-refractivity contribution >= 4 is 35.5 Å². The molecule has 1 amide bonds. The van der Waals surface area contributed by atoms with E-state index in [-0.39, 0.29) is 5.91 Å². The molecule has 0 bridgehead atoms. The van der Waals surface area contributed by atoms with Gasteiger partial charge in [0.05, 0.1) is 5.75 Å². The van der Waals surface area contributed by atoms with E-state index >= 15 is 0 Å². The first-order valence-electron chi connectivity index (χ1n) is 6.94. The maximum Gasteiger partial charge on any atom is 0.250 e. The molecule has 1 saturated carbocycles. The lowest BCUT2D eigenvalue weighted by molar-refractivity contribution is -0.118. The standard InChI is InChI=1S/C15H19ClN2OS/c16-13-6-8-14(9-7-13)20-11-15(19)18-17-10-12-4-2-1-3-5-12/h6-10,12H,1-5,11H2,(H,18,19)/b17-10-. The highest BCUT2D eigenvalue weighted by Crippen LogP contribution is 2.22. The van der Waals surface area contributed by atoms with Crippen molar-refractivity contribution in [2.75, 3.05) is 5.75 Å². The van der Waals surface area contributed by atoms with Gasteiger partial charge >= 0.3 is 0 Å². The summed E-state index contributed by atoms with van der Waals surface area (Å²) < 4.78 is 0. The van der Waals surface area contributed by atoms with Crippen molar-refractivity contribution in [3.8, 4) is 0 Å². The number of carbonyl (C=O) groups is 1. The predicted octanol–water partition coefficient (Wildman–Crippen LogP) is 4.11. The second-order valence-corrected chi connectivity index (χ2v) is 6.44. The zero-order chi connectivity index (χ0) is 14.2. The highest BCUT2D eigenvalue weighted by Gasteiger charge is 2.10. The summed E-state index contributed by atoms with van der Waals surface area (Å²) in [5.41, 5.74) is 2.60. The molecule has 0 unspecified atom stereocenters. The maximum atomic E-state index is 11.7. The van der Waals surface area contributed by atoms with Crippen LogP contribution in [-0.2, 0) is 4.79 Å². The Bertz CT molecular complexity index is 455. The van der Waals surface area contributed by atoms with E-state index in [1.807, 2.05) is 30.5 Å². The van der Waals surface area contributed by atoms with Crippen LogP contribution in [0.3, 0.4) is 0 Å². The number of halogens is 1. The minimum Gasteiger partial charge on any atom is -0.272 e. The highest BCUT2D eigenvalue weighted by atomic mass is 35.5. The van der Waals surface area contributed by atoms with E-state index in [2.05, 4.69) is 10.5 Å². The predicted molar refractivity (Wildman–Crippen MR) is 85.4 cm³/mol. The van der Waals surface area contributed by atoms with Crippen LogP contribution in [0.1, 0.15) is 32.1 Å². The molecule has 0 aromatic heterocycles. The highest BCUT2D eigenvalue weighted by molar-refractivity contribution is 8.00. The van der Waals surface area contributed by atoms with Gasteiger partial charge in [-0.05, 0) is 43.0 Å². The Morgan fingerprint density at radius 3 is 2.70 bits per heavy atom. The molecule has 0 aliphatic heterocycles. The van der Waals surface area contributed by atoms with Gasteiger partial charge in [0.1, 0.15) is 0 Å². The van der Waals surface area contributed by atoms with Crippen molar-refractivity contribution in [2.24, 2.45) is 11.0 Å². The molecular weight excluding hydrogens is 292 g/mol. The van der Waals surface area contributed by atoms with Crippen LogP contribution in [0.25, 0.3) is 0 Å². The number of nitrogens with zero attached hydrogens (tertiary/aromatic N) is 1. The lowest BCUT2D eigenvalue weighted by atomic mass is 9.90. The Hall–Kier alpha value is -1.00. The fourth-order valence-corrected chi connectivity index (χ4v) is 3.03. The number of amides is 1. The van der Waals surface area contributed by atoms with E-state index in [0.717, 1.165) is 4.90 Å². The van der Waals surface area contributed by atoms with E-state index < -0.39 is 0 Å². The van der Waals surface area contributed by atoms with Crippen molar-refractivity contribution in [2.45, 2.75) is 37.0 Å². The van der Waals surface area contributed by atoms with E-state index in [0.29, 0.717) is 16.7 Å². The van der Waals surface area contributed by atoms with Crippen LogP contribution in [0.5, 0.6) is 0 Å². The van der Waals surface area contributed by atoms with Gasteiger partial charge < -0.3 is 0 Å². The Morgan fingerprint density at radius 2 is 2.00 bits per heavy atom. The maximum absolute atomic E-state index is 11.7. The van der Waals surface area contributed by atoms with E-state index in [9.17, 15) is 4.79 Å². The average Bonchev–Trinajstić information content (AvgIpc) is 2.48. The van der Waals surface area contributed by atoms with Gasteiger partial charge in [0.2, 0.25) is 5.91 Å².